The number of nitrogens with zero attached hydrogens (tertiary/aromatic N) is 1. The number of hydrogen-bond acceptors (Lipinski definition) is 2. The molecule has 0 aromatic carbocycles. The van der Waals surface area contributed by atoms with E-state index in [1.165, 1.54) is 4.57 Å². The molecule has 0 bridgehead atoms. The summed E-state index contributed by atoms with van der Waals surface area (Å²) in [4.78, 5) is 11.1. The molecule has 1 aromatic rings. The molecule has 0 fully saturated rings. The van der Waals surface area contributed by atoms with Gasteiger partial charge in [-0.3, -0.25) is 4.57 Å². The summed E-state index contributed by atoms with van der Waals surface area (Å²) in [6, 6.07) is 0. The molecule has 15 heavy (non-hydrogen) atoms. The summed E-state index contributed by atoms with van der Waals surface area (Å²) in [5, 5.41) is 0.694. The minimum absolute atomic E-state index is 0.388. The van der Waals surface area contributed by atoms with Gasteiger partial charge in [-0.2, -0.15) is 0 Å². The number of allylic oxidation sites excluding steroid dienone is 2. The third kappa shape index (κ3) is 3.13. The molecule has 0 amide bonds. The lowest BCUT2D eigenvalue weighted by Crippen LogP contribution is -2.29. The Labute approximate surface area is 89.3 Å². The standard InChI is InChI=1S/C10H11NO2.C2H6/c1-4-6-8-9(7-5-2)13-10(12)11(8)3;1-2/h4-7H,1-2H2,3H3;1-2H3/b8-6+,9-7+;. The first-order valence-corrected chi connectivity index (χ1v) is 4.82. The number of oxazole rings is 1. The minimum atomic E-state index is -0.388. The lowest BCUT2D eigenvalue weighted by molar-refractivity contribution is 0.470. The molecular weight excluding hydrogens is 190 g/mol. The molecule has 0 saturated heterocycles. The van der Waals surface area contributed by atoms with Crippen molar-refractivity contribution in [2.75, 3.05) is 0 Å². The predicted molar refractivity (Wildman–Crippen MR) is 63.9 cm³/mol. The van der Waals surface area contributed by atoms with E-state index in [1.807, 2.05) is 13.8 Å². The topological polar surface area (TPSA) is 35.1 Å². The maximum absolute atomic E-state index is 11.1. The van der Waals surface area contributed by atoms with Gasteiger partial charge in [0.2, 0.25) is 0 Å². The Bertz CT molecular complexity index is 489. The van der Waals surface area contributed by atoms with Crippen LogP contribution in [0.25, 0.3) is 12.2 Å². The predicted octanol–water partition coefficient (Wildman–Crippen LogP) is 0.937. The molecule has 1 rings (SSSR count). The molecule has 0 saturated carbocycles. The molecule has 3 nitrogen and oxygen atoms in total. The Balaban J connectivity index is 0.000000921. The molecule has 0 atom stereocenters. The Hall–Kier alpha value is -1.77. The summed E-state index contributed by atoms with van der Waals surface area (Å²) in [5.74, 6) is -0.388. The van der Waals surface area contributed by atoms with Crippen molar-refractivity contribution in [2.45, 2.75) is 13.8 Å². The van der Waals surface area contributed by atoms with Crippen molar-refractivity contribution in [1.82, 2.24) is 4.57 Å². The first kappa shape index (κ1) is 13.2. The Kier molecular flexibility index (Phi) is 5.86. The Morgan fingerprint density at radius 3 is 2.20 bits per heavy atom. The van der Waals surface area contributed by atoms with Crippen molar-refractivity contribution >= 4 is 12.2 Å². The van der Waals surface area contributed by atoms with Gasteiger partial charge in [0.05, 0.1) is 5.35 Å². The van der Waals surface area contributed by atoms with Crippen LogP contribution < -0.4 is 16.5 Å². The van der Waals surface area contributed by atoms with Crippen LogP contribution in [-0.4, -0.2) is 4.57 Å². The van der Waals surface area contributed by atoms with Gasteiger partial charge >= 0.3 is 5.76 Å². The second-order valence-electron chi connectivity index (χ2n) is 2.48. The molecule has 1 aromatic heterocycles. The summed E-state index contributed by atoms with van der Waals surface area (Å²) in [6.45, 7) is 11.1. The average molecular weight is 207 g/mol. The molecule has 0 N–H and O–H groups in total. The number of hydrogen-bond donors (Lipinski definition) is 0. The van der Waals surface area contributed by atoms with Gasteiger partial charge in [0, 0.05) is 7.05 Å². The lowest BCUT2D eigenvalue weighted by Gasteiger charge is -1.82. The largest absolute Gasteiger partial charge is 0.419 e. The van der Waals surface area contributed by atoms with Crippen LogP contribution in [0.4, 0.5) is 0 Å². The van der Waals surface area contributed by atoms with Gasteiger partial charge < -0.3 is 4.42 Å². The second-order valence-corrected chi connectivity index (χ2v) is 2.48. The number of aromatic nitrogens is 1. The zero-order valence-electron chi connectivity index (χ0n) is 9.49. The van der Waals surface area contributed by atoms with E-state index in [0.29, 0.717) is 10.8 Å². The first-order chi connectivity index (χ1) is 7.20. The quantitative estimate of drug-likeness (QED) is 0.723. The summed E-state index contributed by atoms with van der Waals surface area (Å²) < 4.78 is 6.35. The zero-order chi connectivity index (χ0) is 11.8. The molecule has 0 aliphatic heterocycles. The van der Waals surface area contributed by atoms with Crippen molar-refractivity contribution in [3.8, 4) is 0 Å². The fourth-order valence-electron chi connectivity index (χ4n) is 1.01. The van der Waals surface area contributed by atoms with E-state index >= 15 is 0 Å². The van der Waals surface area contributed by atoms with Gasteiger partial charge in [-0.25, -0.2) is 4.79 Å². The molecule has 0 spiro atoms. The van der Waals surface area contributed by atoms with Crippen LogP contribution in [-0.2, 0) is 7.05 Å². The fraction of sp³-hybridized carbons (Fsp3) is 0.250. The average Bonchev–Trinajstić information content (AvgIpc) is 2.50. The van der Waals surface area contributed by atoms with Gasteiger partial charge in [0.1, 0.15) is 0 Å². The normalized spacial score (nSPS) is 11.9. The monoisotopic (exact) mass is 207 g/mol. The molecule has 0 unspecified atom stereocenters. The van der Waals surface area contributed by atoms with Crippen molar-refractivity contribution < 1.29 is 4.42 Å². The third-order valence-corrected chi connectivity index (χ3v) is 1.63. The van der Waals surface area contributed by atoms with Crippen molar-refractivity contribution in [2.24, 2.45) is 7.05 Å². The Morgan fingerprint density at radius 1 is 1.20 bits per heavy atom. The molecule has 82 valence electrons. The highest BCUT2D eigenvalue weighted by atomic mass is 16.4. The van der Waals surface area contributed by atoms with Crippen LogP contribution in [0.15, 0.2) is 34.5 Å². The van der Waals surface area contributed by atoms with Crippen LogP contribution in [0.3, 0.4) is 0 Å². The van der Waals surface area contributed by atoms with Crippen LogP contribution in [0.1, 0.15) is 13.8 Å². The fourth-order valence-corrected chi connectivity index (χ4v) is 1.01. The van der Waals surface area contributed by atoms with E-state index in [0.717, 1.165) is 0 Å². The highest BCUT2D eigenvalue weighted by Gasteiger charge is 1.97. The van der Waals surface area contributed by atoms with E-state index in [-0.39, 0.29) is 5.76 Å². The maximum atomic E-state index is 11.1. The van der Waals surface area contributed by atoms with E-state index in [4.69, 9.17) is 4.42 Å². The van der Waals surface area contributed by atoms with E-state index in [2.05, 4.69) is 13.2 Å². The SMILES string of the molecule is C=C/C=c1/oc(=O)n(C)/c1=C/C=C.CC. The summed E-state index contributed by atoms with van der Waals surface area (Å²) >= 11 is 0. The van der Waals surface area contributed by atoms with E-state index in [1.54, 1.807) is 31.4 Å². The van der Waals surface area contributed by atoms with Gasteiger partial charge in [-0.1, -0.05) is 39.2 Å². The molecule has 1 heterocycles. The van der Waals surface area contributed by atoms with Gasteiger partial charge in [-0.15, -0.1) is 0 Å². The van der Waals surface area contributed by atoms with Crippen LogP contribution >= 0.6 is 0 Å². The van der Waals surface area contributed by atoms with Gasteiger partial charge in [0.15, 0.2) is 5.42 Å². The van der Waals surface area contributed by atoms with Crippen LogP contribution in [0.2, 0.25) is 0 Å². The first-order valence-electron chi connectivity index (χ1n) is 4.82. The van der Waals surface area contributed by atoms with E-state index < -0.39 is 0 Å². The molecule has 0 aliphatic rings. The van der Waals surface area contributed by atoms with Gasteiger partial charge in [-0.05, 0) is 12.2 Å². The highest BCUT2D eigenvalue weighted by Crippen LogP contribution is 1.68. The smallest absolute Gasteiger partial charge is 0.408 e. The second kappa shape index (κ2) is 6.65. The molecule has 0 aliphatic carbocycles. The molecule has 3 heteroatoms. The minimum Gasteiger partial charge on any atom is -0.408 e. The van der Waals surface area contributed by atoms with Crippen molar-refractivity contribution in [3.63, 3.8) is 0 Å². The van der Waals surface area contributed by atoms with Crippen molar-refractivity contribution in [3.05, 3.63) is 46.6 Å². The zero-order valence-corrected chi connectivity index (χ0v) is 9.49. The van der Waals surface area contributed by atoms with E-state index in [9.17, 15) is 4.79 Å². The summed E-state index contributed by atoms with van der Waals surface area (Å²) in [6.07, 6.45) is 6.51. The Morgan fingerprint density at radius 2 is 1.73 bits per heavy atom. The lowest BCUT2D eigenvalue weighted by atomic mass is 10.4. The van der Waals surface area contributed by atoms with Crippen LogP contribution in [0, 0.1) is 0 Å². The summed E-state index contributed by atoms with van der Waals surface area (Å²) in [7, 11) is 1.64. The number of rotatable bonds is 2. The van der Waals surface area contributed by atoms with Crippen molar-refractivity contribution in [1.29, 1.82) is 0 Å². The van der Waals surface area contributed by atoms with Gasteiger partial charge in [0.25, 0.3) is 0 Å². The van der Waals surface area contributed by atoms with Crippen LogP contribution in [0.5, 0.6) is 0 Å². The highest BCUT2D eigenvalue weighted by molar-refractivity contribution is 5.37. The molecular formula is C12H17NO2. The maximum Gasteiger partial charge on any atom is 0.419 e. The third-order valence-electron chi connectivity index (χ3n) is 1.63. The summed E-state index contributed by atoms with van der Waals surface area (Å²) in [5.41, 5.74) is 0.502. The molecule has 0 radical (unpaired) electrons.